The molecular weight excluding hydrogens is 176 g/mol. The number of rotatable bonds is 3. The number of hydrogen-bond donors (Lipinski definition) is 1. The van der Waals surface area contributed by atoms with Crippen molar-refractivity contribution >= 4 is 17.5 Å². The molecule has 1 amide bonds. The van der Waals surface area contributed by atoms with Crippen LogP contribution in [-0.4, -0.2) is 16.8 Å². The van der Waals surface area contributed by atoms with Crippen LogP contribution in [0.4, 0.5) is 0 Å². The molecule has 3 nitrogen and oxygen atoms in total. The summed E-state index contributed by atoms with van der Waals surface area (Å²) < 4.78 is 0. The zero-order valence-corrected chi connectivity index (χ0v) is 7.21. The summed E-state index contributed by atoms with van der Waals surface area (Å²) in [6.07, 6.45) is 3.37. The Morgan fingerprint density at radius 2 is 2.17 bits per heavy atom. The maximum absolute atomic E-state index is 10.7. The molecule has 0 bridgehead atoms. The zero-order valence-electron chi connectivity index (χ0n) is 6.46. The molecule has 4 heteroatoms. The molecule has 0 saturated heterocycles. The van der Waals surface area contributed by atoms with Crippen molar-refractivity contribution in [3.05, 3.63) is 30.1 Å². The molecule has 0 atom stereocenters. The van der Waals surface area contributed by atoms with E-state index >= 15 is 0 Å². The number of pyridine rings is 1. The summed E-state index contributed by atoms with van der Waals surface area (Å²) in [5.41, 5.74) is 1.02. The minimum absolute atomic E-state index is 0.00504. The van der Waals surface area contributed by atoms with Crippen molar-refractivity contribution in [3.8, 4) is 0 Å². The van der Waals surface area contributed by atoms with Crippen LogP contribution >= 0.6 is 11.6 Å². The van der Waals surface area contributed by atoms with Crippen molar-refractivity contribution in [1.82, 2.24) is 10.3 Å². The van der Waals surface area contributed by atoms with Gasteiger partial charge in [0, 0.05) is 18.9 Å². The number of halogens is 1. The number of amides is 1. The fraction of sp³-hybridized carbons (Fsp3) is 0.250. The summed E-state index contributed by atoms with van der Waals surface area (Å²) in [6, 6.07) is 3.68. The van der Waals surface area contributed by atoms with E-state index in [4.69, 9.17) is 11.6 Å². The molecular formula is C8H9ClN2O. The van der Waals surface area contributed by atoms with Gasteiger partial charge in [0.15, 0.2) is 0 Å². The van der Waals surface area contributed by atoms with E-state index in [1.165, 1.54) is 0 Å². The summed E-state index contributed by atoms with van der Waals surface area (Å²) in [4.78, 5) is 14.6. The third-order valence-electron chi connectivity index (χ3n) is 1.36. The number of carbonyl (C=O) groups is 1. The largest absolute Gasteiger partial charge is 0.351 e. The molecule has 1 aromatic heterocycles. The Labute approximate surface area is 75.8 Å². The second kappa shape index (κ2) is 4.72. The first kappa shape index (κ1) is 9.00. The number of alkyl halides is 1. The van der Waals surface area contributed by atoms with Crippen molar-refractivity contribution in [1.29, 1.82) is 0 Å². The number of aromatic nitrogens is 1. The lowest BCUT2D eigenvalue weighted by molar-refractivity contribution is -0.118. The quantitative estimate of drug-likeness (QED) is 0.711. The Kier molecular flexibility index (Phi) is 3.54. The molecule has 0 aliphatic heterocycles. The molecule has 0 aliphatic rings. The van der Waals surface area contributed by atoms with Crippen LogP contribution in [0, 0.1) is 0 Å². The van der Waals surface area contributed by atoms with E-state index < -0.39 is 0 Å². The summed E-state index contributed by atoms with van der Waals surface area (Å²) in [5, 5.41) is 2.65. The lowest BCUT2D eigenvalue weighted by Crippen LogP contribution is -2.23. The van der Waals surface area contributed by atoms with Crippen molar-refractivity contribution in [2.45, 2.75) is 6.54 Å². The van der Waals surface area contributed by atoms with Gasteiger partial charge in [-0.25, -0.2) is 0 Å². The topological polar surface area (TPSA) is 42.0 Å². The van der Waals surface area contributed by atoms with E-state index in [-0.39, 0.29) is 11.8 Å². The Hall–Kier alpha value is -1.09. The number of carbonyl (C=O) groups excluding carboxylic acids is 1. The van der Waals surface area contributed by atoms with E-state index in [2.05, 4.69) is 10.3 Å². The van der Waals surface area contributed by atoms with Gasteiger partial charge in [0.2, 0.25) is 5.91 Å². The van der Waals surface area contributed by atoms with Crippen LogP contribution in [0.15, 0.2) is 24.5 Å². The average molecular weight is 185 g/mol. The fourth-order valence-electron chi connectivity index (χ4n) is 0.749. The van der Waals surface area contributed by atoms with Gasteiger partial charge >= 0.3 is 0 Å². The minimum Gasteiger partial charge on any atom is -0.351 e. The molecule has 0 aliphatic carbocycles. The Morgan fingerprint density at radius 1 is 1.50 bits per heavy atom. The summed E-state index contributed by atoms with van der Waals surface area (Å²) in [5.74, 6) is -0.154. The smallest absolute Gasteiger partial charge is 0.235 e. The van der Waals surface area contributed by atoms with E-state index in [9.17, 15) is 4.79 Å². The van der Waals surface area contributed by atoms with E-state index in [0.29, 0.717) is 6.54 Å². The Balaban J connectivity index is 2.38. The SMILES string of the molecule is O=C(CCl)NCc1ccncc1. The van der Waals surface area contributed by atoms with Gasteiger partial charge in [0.05, 0.1) is 0 Å². The number of nitrogens with zero attached hydrogens (tertiary/aromatic N) is 1. The molecule has 0 spiro atoms. The van der Waals surface area contributed by atoms with Crippen LogP contribution in [0.25, 0.3) is 0 Å². The molecule has 1 N–H and O–H groups in total. The van der Waals surface area contributed by atoms with Gasteiger partial charge in [-0.3, -0.25) is 9.78 Å². The summed E-state index contributed by atoms with van der Waals surface area (Å²) >= 11 is 5.29. The Bertz CT molecular complexity index is 250. The van der Waals surface area contributed by atoms with E-state index in [1.54, 1.807) is 12.4 Å². The number of nitrogens with one attached hydrogen (secondary N) is 1. The fourth-order valence-corrected chi connectivity index (χ4v) is 0.843. The predicted molar refractivity (Wildman–Crippen MR) is 46.8 cm³/mol. The maximum Gasteiger partial charge on any atom is 0.235 e. The van der Waals surface area contributed by atoms with Gasteiger partial charge in [0.25, 0.3) is 0 Å². The molecule has 1 aromatic rings. The molecule has 12 heavy (non-hydrogen) atoms. The summed E-state index contributed by atoms with van der Waals surface area (Å²) in [6.45, 7) is 0.508. The molecule has 0 aromatic carbocycles. The van der Waals surface area contributed by atoms with Crippen LogP contribution in [0.2, 0.25) is 0 Å². The van der Waals surface area contributed by atoms with Crippen LogP contribution < -0.4 is 5.32 Å². The zero-order chi connectivity index (χ0) is 8.81. The highest BCUT2D eigenvalue weighted by molar-refractivity contribution is 6.27. The first-order valence-electron chi connectivity index (χ1n) is 3.54. The molecule has 0 fully saturated rings. The third kappa shape index (κ3) is 2.88. The second-order valence-corrected chi connectivity index (χ2v) is 2.53. The van der Waals surface area contributed by atoms with Crippen molar-refractivity contribution < 1.29 is 4.79 Å². The maximum atomic E-state index is 10.7. The second-order valence-electron chi connectivity index (χ2n) is 2.27. The molecule has 0 radical (unpaired) electrons. The van der Waals surface area contributed by atoms with Crippen LogP contribution in [0.1, 0.15) is 5.56 Å². The molecule has 0 saturated carbocycles. The molecule has 1 heterocycles. The van der Waals surface area contributed by atoms with Gasteiger partial charge in [-0.15, -0.1) is 11.6 Å². The first-order valence-corrected chi connectivity index (χ1v) is 4.08. The van der Waals surface area contributed by atoms with E-state index in [0.717, 1.165) is 5.56 Å². The van der Waals surface area contributed by atoms with E-state index in [1.807, 2.05) is 12.1 Å². The highest BCUT2D eigenvalue weighted by Crippen LogP contribution is 1.94. The highest BCUT2D eigenvalue weighted by Gasteiger charge is 1.96. The molecule has 0 unspecified atom stereocenters. The third-order valence-corrected chi connectivity index (χ3v) is 1.60. The first-order chi connectivity index (χ1) is 5.83. The standard InChI is InChI=1S/C8H9ClN2O/c9-5-8(12)11-6-7-1-3-10-4-2-7/h1-4H,5-6H2,(H,11,12). The predicted octanol–water partition coefficient (Wildman–Crippen LogP) is 0.937. The highest BCUT2D eigenvalue weighted by atomic mass is 35.5. The van der Waals surface area contributed by atoms with Gasteiger partial charge in [-0.05, 0) is 17.7 Å². The van der Waals surface area contributed by atoms with Gasteiger partial charge in [-0.1, -0.05) is 0 Å². The minimum atomic E-state index is -0.159. The molecule has 64 valence electrons. The lowest BCUT2D eigenvalue weighted by Gasteiger charge is -2.01. The van der Waals surface area contributed by atoms with Gasteiger partial charge in [0.1, 0.15) is 5.88 Å². The van der Waals surface area contributed by atoms with Gasteiger partial charge in [-0.2, -0.15) is 0 Å². The van der Waals surface area contributed by atoms with Crippen LogP contribution in [0.3, 0.4) is 0 Å². The van der Waals surface area contributed by atoms with Crippen molar-refractivity contribution in [2.24, 2.45) is 0 Å². The monoisotopic (exact) mass is 184 g/mol. The normalized spacial score (nSPS) is 9.42. The van der Waals surface area contributed by atoms with Crippen molar-refractivity contribution in [3.63, 3.8) is 0 Å². The Morgan fingerprint density at radius 3 is 2.75 bits per heavy atom. The number of hydrogen-bond acceptors (Lipinski definition) is 2. The van der Waals surface area contributed by atoms with Crippen molar-refractivity contribution in [2.75, 3.05) is 5.88 Å². The summed E-state index contributed by atoms with van der Waals surface area (Å²) in [7, 11) is 0. The van der Waals surface area contributed by atoms with Crippen LogP contribution in [-0.2, 0) is 11.3 Å². The lowest BCUT2D eigenvalue weighted by atomic mass is 10.3. The van der Waals surface area contributed by atoms with Crippen LogP contribution in [0.5, 0.6) is 0 Å². The molecule has 1 rings (SSSR count). The average Bonchev–Trinajstić information content (AvgIpc) is 2.16. The van der Waals surface area contributed by atoms with Gasteiger partial charge < -0.3 is 5.32 Å².